The van der Waals surface area contributed by atoms with Gasteiger partial charge >= 0.3 is 0 Å². The first-order valence-electron chi connectivity index (χ1n) is 4.15. The molecule has 0 radical (unpaired) electrons. The molecule has 1 rings (SSSR count). The zero-order chi connectivity index (χ0) is 8.16. The summed E-state index contributed by atoms with van der Waals surface area (Å²) in [5, 5.41) is 8.46. The second-order valence-electron chi connectivity index (χ2n) is 2.91. The zero-order valence-electron chi connectivity index (χ0n) is 7.01. The number of hydrogen-bond donors (Lipinski definition) is 1. The van der Waals surface area contributed by atoms with Gasteiger partial charge in [0.25, 0.3) is 0 Å². The van der Waals surface area contributed by atoms with Gasteiger partial charge in [0.15, 0.2) is 0 Å². The standard InChI is InChI=1S/C8H16O3/c1-2-8(3-5-11-8)7-10-6-4-9/h9H,2-7H2,1H3. The third-order valence-corrected chi connectivity index (χ3v) is 2.21. The van der Waals surface area contributed by atoms with Crippen molar-refractivity contribution in [2.24, 2.45) is 0 Å². The summed E-state index contributed by atoms with van der Waals surface area (Å²) >= 11 is 0. The van der Waals surface area contributed by atoms with Crippen LogP contribution in [0.25, 0.3) is 0 Å². The van der Waals surface area contributed by atoms with Gasteiger partial charge in [-0.2, -0.15) is 0 Å². The van der Waals surface area contributed by atoms with Crippen LogP contribution in [-0.2, 0) is 9.47 Å². The van der Waals surface area contributed by atoms with Crippen molar-refractivity contribution in [3.8, 4) is 0 Å². The molecule has 0 aromatic rings. The molecule has 1 saturated heterocycles. The molecule has 1 unspecified atom stereocenters. The highest BCUT2D eigenvalue weighted by atomic mass is 16.6. The van der Waals surface area contributed by atoms with Crippen LogP contribution in [0.5, 0.6) is 0 Å². The molecule has 0 aromatic heterocycles. The van der Waals surface area contributed by atoms with Crippen LogP contribution in [0.15, 0.2) is 0 Å². The Labute approximate surface area is 67.3 Å². The SMILES string of the molecule is CCC1(COCCO)CCO1. The third-order valence-electron chi connectivity index (χ3n) is 2.21. The van der Waals surface area contributed by atoms with E-state index in [0.29, 0.717) is 13.2 Å². The maximum atomic E-state index is 8.46. The molecule has 3 nitrogen and oxygen atoms in total. The number of aliphatic hydroxyl groups is 1. The Morgan fingerprint density at radius 2 is 2.36 bits per heavy atom. The predicted molar refractivity (Wildman–Crippen MR) is 41.5 cm³/mol. The number of hydrogen-bond acceptors (Lipinski definition) is 3. The normalized spacial score (nSPS) is 30.0. The van der Waals surface area contributed by atoms with Crippen LogP contribution in [0.3, 0.4) is 0 Å². The van der Waals surface area contributed by atoms with Crippen LogP contribution < -0.4 is 0 Å². The summed E-state index contributed by atoms with van der Waals surface area (Å²) in [4.78, 5) is 0. The molecular weight excluding hydrogens is 144 g/mol. The molecule has 1 fully saturated rings. The molecule has 11 heavy (non-hydrogen) atoms. The van der Waals surface area contributed by atoms with Gasteiger partial charge < -0.3 is 14.6 Å². The molecule has 1 atom stereocenters. The van der Waals surface area contributed by atoms with Crippen LogP contribution in [0.4, 0.5) is 0 Å². The quantitative estimate of drug-likeness (QED) is 0.597. The van der Waals surface area contributed by atoms with E-state index in [2.05, 4.69) is 6.92 Å². The Balaban J connectivity index is 2.11. The van der Waals surface area contributed by atoms with Crippen molar-refractivity contribution < 1.29 is 14.6 Å². The van der Waals surface area contributed by atoms with E-state index < -0.39 is 0 Å². The lowest BCUT2D eigenvalue weighted by Gasteiger charge is -2.40. The van der Waals surface area contributed by atoms with E-state index in [1.807, 2.05) is 0 Å². The van der Waals surface area contributed by atoms with Crippen molar-refractivity contribution in [2.75, 3.05) is 26.4 Å². The van der Waals surface area contributed by atoms with Crippen LogP contribution in [-0.4, -0.2) is 37.1 Å². The van der Waals surface area contributed by atoms with Gasteiger partial charge in [-0.15, -0.1) is 0 Å². The zero-order valence-corrected chi connectivity index (χ0v) is 7.01. The highest BCUT2D eigenvalue weighted by molar-refractivity contribution is 4.85. The summed E-state index contributed by atoms with van der Waals surface area (Å²) in [5.41, 5.74) is -0.0187. The van der Waals surface area contributed by atoms with Gasteiger partial charge in [0, 0.05) is 6.42 Å². The summed E-state index contributed by atoms with van der Waals surface area (Å²) in [7, 11) is 0. The molecule has 0 spiro atoms. The summed E-state index contributed by atoms with van der Waals surface area (Å²) in [6.45, 7) is 4.10. The van der Waals surface area contributed by atoms with Crippen molar-refractivity contribution in [2.45, 2.75) is 25.4 Å². The van der Waals surface area contributed by atoms with Crippen molar-refractivity contribution in [3.05, 3.63) is 0 Å². The first kappa shape index (κ1) is 8.97. The largest absolute Gasteiger partial charge is 0.394 e. The Kier molecular flexibility index (Phi) is 3.30. The first-order valence-corrected chi connectivity index (χ1v) is 4.15. The molecular formula is C8H16O3. The summed E-state index contributed by atoms with van der Waals surface area (Å²) in [6, 6.07) is 0. The van der Waals surface area contributed by atoms with E-state index in [1.54, 1.807) is 0 Å². The van der Waals surface area contributed by atoms with E-state index in [-0.39, 0.29) is 12.2 Å². The fraction of sp³-hybridized carbons (Fsp3) is 1.00. The van der Waals surface area contributed by atoms with E-state index in [9.17, 15) is 0 Å². The maximum Gasteiger partial charge on any atom is 0.0934 e. The van der Waals surface area contributed by atoms with E-state index in [4.69, 9.17) is 14.6 Å². The third kappa shape index (κ3) is 2.15. The van der Waals surface area contributed by atoms with E-state index in [0.717, 1.165) is 19.4 Å². The lowest BCUT2D eigenvalue weighted by molar-refractivity contribution is -0.183. The van der Waals surface area contributed by atoms with Crippen molar-refractivity contribution in [1.29, 1.82) is 0 Å². The average molecular weight is 160 g/mol. The van der Waals surface area contributed by atoms with Gasteiger partial charge in [0.2, 0.25) is 0 Å². The van der Waals surface area contributed by atoms with Crippen molar-refractivity contribution in [1.82, 2.24) is 0 Å². The Bertz CT molecular complexity index is 104. The van der Waals surface area contributed by atoms with Gasteiger partial charge in [-0.05, 0) is 6.42 Å². The number of rotatable bonds is 5. The summed E-state index contributed by atoms with van der Waals surface area (Å²) in [6.07, 6.45) is 2.09. The maximum absolute atomic E-state index is 8.46. The predicted octanol–water partition coefficient (Wildman–Crippen LogP) is 0.564. The monoisotopic (exact) mass is 160 g/mol. The Morgan fingerprint density at radius 1 is 1.64 bits per heavy atom. The van der Waals surface area contributed by atoms with E-state index >= 15 is 0 Å². The molecule has 1 aliphatic heterocycles. The van der Waals surface area contributed by atoms with Gasteiger partial charge in [0.05, 0.1) is 32.0 Å². The number of aliphatic hydroxyl groups excluding tert-OH is 1. The molecule has 0 saturated carbocycles. The van der Waals surface area contributed by atoms with Gasteiger partial charge in [-0.1, -0.05) is 6.92 Å². The second kappa shape index (κ2) is 4.04. The molecule has 1 heterocycles. The summed E-state index contributed by atoms with van der Waals surface area (Å²) in [5.74, 6) is 0. The fourth-order valence-electron chi connectivity index (χ4n) is 1.21. The Morgan fingerprint density at radius 3 is 2.73 bits per heavy atom. The van der Waals surface area contributed by atoms with Crippen molar-refractivity contribution in [3.63, 3.8) is 0 Å². The molecule has 0 amide bonds. The highest BCUT2D eigenvalue weighted by Gasteiger charge is 2.36. The lowest BCUT2D eigenvalue weighted by atomic mass is 9.93. The molecule has 1 N–H and O–H groups in total. The molecule has 66 valence electrons. The minimum absolute atomic E-state index is 0.0187. The van der Waals surface area contributed by atoms with Gasteiger partial charge in [0.1, 0.15) is 0 Å². The van der Waals surface area contributed by atoms with Crippen molar-refractivity contribution >= 4 is 0 Å². The Hall–Kier alpha value is -0.120. The highest BCUT2D eigenvalue weighted by Crippen LogP contribution is 2.29. The van der Waals surface area contributed by atoms with Crippen LogP contribution in [0, 0.1) is 0 Å². The molecule has 1 aliphatic rings. The lowest BCUT2D eigenvalue weighted by Crippen LogP contribution is -2.47. The molecule has 0 aromatic carbocycles. The summed E-state index contributed by atoms with van der Waals surface area (Å²) < 4.78 is 10.6. The first-order chi connectivity index (χ1) is 5.33. The fourth-order valence-corrected chi connectivity index (χ4v) is 1.21. The van der Waals surface area contributed by atoms with Crippen LogP contribution >= 0.6 is 0 Å². The van der Waals surface area contributed by atoms with Crippen LogP contribution in [0.1, 0.15) is 19.8 Å². The minimum atomic E-state index is -0.0187. The smallest absolute Gasteiger partial charge is 0.0934 e. The van der Waals surface area contributed by atoms with Crippen LogP contribution in [0.2, 0.25) is 0 Å². The molecule has 0 bridgehead atoms. The molecule has 0 aliphatic carbocycles. The number of ether oxygens (including phenoxy) is 2. The minimum Gasteiger partial charge on any atom is -0.394 e. The topological polar surface area (TPSA) is 38.7 Å². The molecule has 3 heteroatoms. The van der Waals surface area contributed by atoms with Gasteiger partial charge in [-0.25, -0.2) is 0 Å². The van der Waals surface area contributed by atoms with E-state index in [1.165, 1.54) is 0 Å². The van der Waals surface area contributed by atoms with Gasteiger partial charge in [-0.3, -0.25) is 0 Å². The second-order valence-corrected chi connectivity index (χ2v) is 2.91. The average Bonchev–Trinajstić information content (AvgIpc) is 1.95.